The van der Waals surface area contributed by atoms with Crippen molar-refractivity contribution in [2.24, 2.45) is 5.10 Å². The molecule has 2 aromatic carbocycles. The second-order valence-electron chi connectivity index (χ2n) is 5.60. The highest BCUT2D eigenvalue weighted by Crippen LogP contribution is 2.10. The van der Waals surface area contributed by atoms with Gasteiger partial charge in [-0.05, 0) is 48.9 Å². The van der Waals surface area contributed by atoms with Gasteiger partial charge in [-0.25, -0.2) is 10.2 Å². The molecular weight excluding hydrogens is 350 g/mol. The maximum Gasteiger partial charge on any atom is 0.341 e. The number of carbonyl (C=O) groups is 3. The molecule has 0 unspecified atom stereocenters. The summed E-state index contributed by atoms with van der Waals surface area (Å²) in [4.78, 5) is 34.1. The van der Waals surface area contributed by atoms with E-state index in [0.717, 1.165) is 5.56 Å². The average molecular weight is 369 g/mol. The van der Waals surface area contributed by atoms with E-state index >= 15 is 0 Å². The van der Waals surface area contributed by atoms with E-state index in [2.05, 4.69) is 15.8 Å². The molecule has 2 aromatic rings. The molecule has 0 saturated carbocycles. The lowest BCUT2D eigenvalue weighted by Gasteiger charge is -2.05. The number of carboxylic acids is 1. The molecule has 8 nitrogen and oxygen atoms in total. The zero-order valence-electron chi connectivity index (χ0n) is 14.6. The smallest absolute Gasteiger partial charge is 0.341 e. The molecule has 0 radical (unpaired) electrons. The van der Waals surface area contributed by atoms with Crippen LogP contribution in [0.2, 0.25) is 0 Å². The third kappa shape index (κ3) is 6.99. The summed E-state index contributed by atoms with van der Waals surface area (Å²) in [5.41, 5.74) is 4.43. The number of hydrogen-bond donors (Lipinski definition) is 3. The Morgan fingerprint density at radius 1 is 1.15 bits per heavy atom. The van der Waals surface area contributed by atoms with Crippen molar-refractivity contribution < 1.29 is 24.2 Å². The molecule has 0 fully saturated rings. The number of nitrogens with one attached hydrogen (secondary N) is 2. The minimum atomic E-state index is -1.06. The summed E-state index contributed by atoms with van der Waals surface area (Å²) in [6.07, 6.45) is 1.42. The van der Waals surface area contributed by atoms with Gasteiger partial charge in [0.25, 0.3) is 11.8 Å². The second-order valence-corrected chi connectivity index (χ2v) is 5.60. The highest BCUT2D eigenvalue weighted by atomic mass is 16.5. The maximum absolute atomic E-state index is 11.9. The Morgan fingerprint density at radius 2 is 1.89 bits per heavy atom. The molecule has 0 aromatic heterocycles. The van der Waals surface area contributed by atoms with Crippen molar-refractivity contribution in [3.8, 4) is 5.75 Å². The number of hydrazone groups is 1. The van der Waals surface area contributed by atoms with Gasteiger partial charge >= 0.3 is 5.97 Å². The first kappa shape index (κ1) is 19.6. The molecule has 0 aliphatic carbocycles. The van der Waals surface area contributed by atoms with Gasteiger partial charge in [0.15, 0.2) is 6.61 Å². The van der Waals surface area contributed by atoms with Crippen LogP contribution in [0.5, 0.6) is 5.75 Å². The van der Waals surface area contributed by atoms with Crippen molar-refractivity contribution in [2.45, 2.75) is 6.92 Å². The van der Waals surface area contributed by atoms with Crippen molar-refractivity contribution >= 4 is 24.0 Å². The molecule has 0 aliphatic rings. The van der Waals surface area contributed by atoms with E-state index in [1.165, 1.54) is 6.21 Å². The standard InChI is InChI=1S/C19H19N3O5/c1-13-3-2-4-15(9-13)19(26)20-11-17(23)22-21-10-14-5-7-16(8-6-14)27-12-18(24)25/h2-10H,11-12H2,1H3,(H,20,26)(H,22,23)(H,24,25)/b21-10-. The molecular formula is C19H19N3O5. The van der Waals surface area contributed by atoms with Crippen LogP contribution in [-0.4, -0.2) is 42.3 Å². The van der Waals surface area contributed by atoms with Gasteiger partial charge in [0, 0.05) is 5.56 Å². The zero-order chi connectivity index (χ0) is 19.6. The lowest BCUT2D eigenvalue weighted by molar-refractivity contribution is -0.139. The summed E-state index contributed by atoms with van der Waals surface area (Å²) in [5, 5.41) is 14.9. The fourth-order valence-corrected chi connectivity index (χ4v) is 2.06. The molecule has 0 aliphatic heterocycles. The van der Waals surface area contributed by atoms with Gasteiger partial charge in [-0.1, -0.05) is 17.7 Å². The third-order valence-corrected chi connectivity index (χ3v) is 3.34. The number of carboxylic acid groups (broad SMARTS) is 1. The monoisotopic (exact) mass is 369 g/mol. The Bertz CT molecular complexity index is 847. The number of aryl methyl sites for hydroxylation is 1. The molecule has 8 heteroatoms. The normalized spacial score (nSPS) is 10.4. The maximum atomic E-state index is 11.9. The largest absolute Gasteiger partial charge is 0.482 e. The Balaban J connectivity index is 1.76. The zero-order valence-corrected chi connectivity index (χ0v) is 14.6. The van der Waals surface area contributed by atoms with Crippen LogP contribution in [-0.2, 0) is 9.59 Å². The summed E-state index contributed by atoms with van der Waals surface area (Å²) in [7, 11) is 0. The number of nitrogens with zero attached hydrogens (tertiary/aromatic N) is 1. The SMILES string of the molecule is Cc1cccc(C(=O)NCC(=O)N/N=C\c2ccc(OCC(=O)O)cc2)c1. The van der Waals surface area contributed by atoms with E-state index in [-0.39, 0.29) is 12.5 Å². The van der Waals surface area contributed by atoms with Crippen molar-refractivity contribution in [2.75, 3.05) is 13.2 Å². The van der Waals surface area contributed by atoms with Crippen LogP contribution in [0.3, 0.4) is 0 Å². The first-order chi connectivity index (χ1) is 12.9. The van der Waals surface area contributed by atoms with E-state index < -0.39 is 18.5 Å². The number of amides is 2. The Kier molecular flexibility index (Phi) is 7.07. The Hall–Kier alpha value is -3.68. The van der Waals surface area contributed by atoms with Crippen molar-refractivity contribution in [3.05, 3.63) is 65.2 Å². The number of benzene rings is 2. The van der Waals surface area contributed by atoms with Crippen molar-refractivity contribution in [1.82, 2.24) is 10.7 Å². The highest BCUT2D eigenvalue weighted by molar-refractivity contribution is 5.96. The Labute approximate surface area is 155 Å². The lowest BCUT2D eigenvalue weighted by Crippen LogP contribution is -2.34. The summed E-state index contributed by atoms with van der Waals surface area (Å²) in [6, 6.07) is 13.5. The van der Waals surface area contributed by atoms with E-state index in [9.17, 15) is 14.4 Å². The number of aliphatic carboxylic acids is 1. The summed E-state index contributed by atoms with van der Waals surface area (Å²) in [5.74, 6) is -1.45. The van der Waals surface area contributed by atoms with Crippen LogP contribution in [0.25, 0.3) is 0 Å². The van der Waals surface area contributed by atoms with E-state index in [0.29, 0.717) is 16.9 Å². The molecule has 0 bridgehead atoms. The van der Waals surface area contributed by atoms with E-state index in [4.69, 9.17) is 9.84 Å². The van der Waals surface area contributed by atoms with Gasteiger partial charge in [0.2, 0.25) is 0 Å². The number of ether oxygens (including phenoxy) is 1. The number of hydrogen-bond acceptors (Lipinski definition) is 5. The average Bonchev–Trinajstić information content (AvgIpc) is 2.65. The molecule has 0 spiro atoms. The van der Waals surface area contributed by atoms with Crippen LogP contribution in [0.15, 0.2) is 53.6 Å². The lowest BCUT2D eigenvalue weighted by atomic mass is 10.1. The van der Waals surface area contributed by atoms with Crippen molar-refractivity contribution in [3.63, 3.8) is 0 Å². The highest BCUT2D eigenvalue weighted by Gasteiger charge is 2.07. The first-order valence-corrected chi connectivity index (χ1v) is 8.05. The minimum absolute atomic E-state index is 0.202. The fourth-order valence-electron chi connectivity index (χ4n) is 2.06. The van der Waals surface area contributed by atoms with Gasteiger partial charge in [-0.15, -0.1) is 0 Å². The quantitative estimate of drug-likeness (QED) is 0.479. The van der Waals surface area contributed by atoms with Gasteiger partial charge in [-0.3, -0.25) is 9.59 Å². The molecule has 0 atom stereocenters. The molecule has 2 rings (SSSR count). The summed E-state index contributed by atoms with van der Waals surface area (Å²) < 4.78 is 5.01. The molecule has 2 amide bonds. The minimum Gasteiger partial charge on any atom is -0.482 e. The Morgan fingerprint density at radius 3 is 2.56 bits per heavy atom. The molecule has 140 valence electrons. The van der Waals surface area contributed by atoms with Gasteiger partial charge < -0.3 is 15.2 Å². The summed E-state index contributed by atoms with van der Waals surface area (Å²) >= 11 is 0. The van der Waals surface area contributed by atoms with Gasteiger partial charge in [0.1, 0.15) is 5.75 Å². The summed E-state index contributed by atoms with van der Waals surface area (Å²) in [6.45, 7) is 1.26. The first-order valence-electron chi connectivity index (χ1n) is 8.05. The number of rotatable bonds is 8. The topological polar surface area (TPSA) is 117 Å². The third-order valence-electron chi connectivity index (χ3n) is 3.34. The van der Waals surface area contributed by atoms with Crippen molar-refractivity contribution in [1.29, 1.82) is 0 Å². The van der Waals surface area contributed by atoms with Crippen LogP contribution in [0, 0.1) is 6.92 Å². The van der Waals surface area contributed by atoms with E-state index in [1.54, 1.807) is 42.5 Å². The van der Waals surface area contributed by atoms with Crippen LogP contribution < -0.4 is 15.5 Å². The molecule has 27 heavy (non-hydrogen) atoms. The second kappa shape index (κ2) is 9.71. The predicted molar refractivity (Wildman–Crippen MR) is 98.8 cm³/mol. The molecule has 0 saturated heterocycles. The number of carbonyl (C=O) groups excluding carboxylic acids is 2. The van der Waals surface area contributed by atoms with Gasteiger partial charge in [0.05, 0.1) is 12.8 Å². The molecule has 3 N–H and O–H groups in total. The molecule has 0 heterocycles. The van der Waals surface area contributed by atoms with Crippen LogP contribution in [0.1, 0.15) is 21.5 Å². The van der Waals surface area contributed by atoms with E-state index in [1.807, 2.05) is 13.0 Å². The van der Waals surface area contributed by atoms with Gasteiger partial charge in [-0.2, -0.15) is 5.10 Å². The fraction of sp³-hybridized carbons (Fsp3) is 0.158. The van der Waals surface area contributed by atoms with Crippen LogP contribution >= 0.6 is 0 Å². The van der Waals surface area contributed by atoms with Crippen LogP contribution in [0.4, 0.5) is 0 Å². The predicted octanol–water partition coefficient (Wildman–Crippen LogP) is 1.34.